The number of fused-ring (bicyclic) bond motifs is 1. The number of pyridine rings is 2. The SMILES string of the molecule is O=C1NCCc2c1ccnc2-c1ccnc(Cn2nc(C(F)(F)F)cc2C(F)(F)F)c1. The monoisotopic (exact) mass is 441 g/mol. The van der Waals surface area contributed by atoms with Crippen LogP contribution in [0.15, 0.2) is 36.7 Å². The Balaban J connectivity index is 1.73. The van der Waals surface area contributed by atoms with Crippen molar-refractivity contribution in [3.63, 3.8) is 0 Å². The lowest BCUT2D eigenvalue weighted by Gasteiger charge is -2.19. The molecule has 0 aromatic carbocycles. The third kappa shape index (κ3) is 4.09. The molecule has 0 unspecified atom stereocenters. The van der Waals surface area contributed by atoms with Gasteiger partial charge in [0.2, 0.25) is 0 Å². The number of hydrogen-bond acceptors (Lipinski definition) is 4. The summed E-state index contributed by atoms with van der Waals surface area (Å²) < 4.78 is 78.6. The summed E-state index contributed by atoms with van der Waals surface area (Å²) in [6, 6.07) is 4.52. The van der Waals surface area contributed by atoms with Crippen molar-refractivity contribution in [2.45, 2.75) is 25.3 Å². The van der Waals surface area contributed by atoms with E-state index >= 15 is 0 Å². The molecule has 1 aliphatic heterocycles. The third-order valence-electron chi connectivity index (χ3n) is 4.72. The normalized spacial score (nSPS) is 14.3. The van der Waals surface area contributed by atoms with E-state index in [1.54, 1.807) is 12.1 Å². The van der Waals surface area contributed by atoms with E-state index in [1.165, 1.54) is 18.5 Å². The fraction of sp³-hybridized carbons (Fsp3) is 0.263. The lowest BCUT2D eigenvalue weighted by atomic mass is 9.96. The lowest BCUT2D eigenvalue weighted by molar-refractivity contribution is -0.144. The Kier molecular flexibility index (Phi) is 4.94. The summed E-state index contributed by atoms with van der Waals surface area (Å²) in [7, 11) is 0. The van der Waals surface area contributed by atoms with Gasteiger partial charge in [0.25, 0.3) is 5.91 Å². The molecule has 0 bridgehead atoms. The average Bonchev–Trinajstić information content (AvgIpc) is 3.13. The smallest absolute Gasteiger partial charge is 0.352 e. The average molecular weight is 441 g/mol. The molecule has 1 amide bonds. The summed E-state index contributed by atoms with van der Waals surface area (Å²) in [5, 5.41) is 5.80. The van der Waals surface area contributed by atoms with Crippen molar-refractivity contribution in [3.05, 3.63) is 64.9 Å². The first-order valence-electron chi connectivity index (χ1n) is 8.97. The summed E-state index contributed by atoms with van der Waals surface area (Å²) in [6.07, 6.45) is -6.79. The van der Waals surface area contributed by atoms with Gasteiger partial charge in [0, 0.05) is 36.1 Å². The van der Waals surface area contributed by atoms with Gasteiger partial charge in [0.1, 0.15) is 5.69 Å². The van der Waals surface area contributed by atoms with Crippen LogP contribution in [0.1, 0.15) is 33.0 Å². The van der Waals surface area contributed by atoms with Crippen LogP contribution < -0.4 is 5.32 Å². The van der Waals surface area contributed by atoms with Crippen LogP contribution in [0.25, 0.3) is 11.3 Å². The van der Waals surface area contributed by atoms with Crippen molar-refractivity contribution in [1.29, 1.82) is 0 Å². The number of alkyl halides is 6. The fourth-order valence-electron chi connectivity index (χ4n) is 3.37. The quantitative estimate of drug-likeness (QED) is 0.629. The number of hydrogen-bond donors (Lipinski definition) is 1. The second-order valence-corrected chi connectivity index (χ2v) is 6.80. The number of nitrogens with one attached hydrogen (secondary N) is 1. The molecule has 3 aromatic heterocycles. The van der Waals surface area contributed by atoms with E-state index in [2.05, 4.69) is 20.4 Å². The fourth-order valence-corrected chi connectivity index (χ4v) is 3.37. The first-order chi connectivity index (χ1) is 14.5. The second-order valence-electron chi connectivity index (χ2n) is 6.80. The maximum atomic E-state index is 13.2. The zero-order valence-electron chi connectivity index (χ0n) is 15.6. The van der Waals surface area contributed by atoms with Gasteiger partial charge in [0.15, 0.2) is 5.69 Å². The zero-order chi connectivity index (χ0) is 22.4. The largest absolute Gasteiger partial charge is 0.435 e. The van der Waals surface area contributed by atoms with Crippen LogP contribution in [0.4, 0.5) is 26.3 Å². The molecule has 4 rings (SSSR count). The van der Waals surface area contributed by atoms with Crippen LogP contribution in [0.5, 0.6) is 0 Å². The molecule has 1 N–H and O–H groups in total. The Hall–Kier alpha value is -3.44. The summed E-state index contributed by atoms with van der Waals surface area (Å²) in [5.74, 6) is -0.259. The van der Waals surface area contributed by atoms with Gasteiger partial charge in [-0.3, -0.25) is 19.4 Å². The predicted molar refractivity (Wildman–Crippen MR) is 94.8 cm³/mol. The van der Waals surface area contributed by atoms with E-state index in [1.807, 2.05) is 0 Å². The van der Waals surface area contributed by atoms with E-state index in [0.29, 0.717) is 35.3 Å². The minimum Gasteiger partial charge on any atom is -0.352 e. The van der Waals surface area contributed by atoms with Crippen molar-refractivity contribution in [3.8, 4) is 11.3 Å². The summed E-state index contributed by atoms with van der Waals surface area (Å²) >= 11 is 0. The molecule has 0 saturated carbocycles. The predicted octanol–water partition coefficient (Wildman–Crippen LogP) is 3.71. The van der Waals surface area contributed by atoms with Crippen molar-refractivity contribution in [2.24, 2.45) is 0 Å². The molecule has 0 radical (unpaired) electrons. The molecule has 4 heterocycles. The van der Waals surface area contributed by atoms with Crippen LogP contribution in [0, 0.1) is 0 Å². The molecule has 0 saturated heterocycles. The minimum atomic E-state index is -5.03. The van der Waals surface area contributed by atoms with Gasteiger partial charge in [-0.05, 0) is 30.2 Å². The standard InChI is InChI=1S/C19H13F6N5O/c20-18(21,22)14-8-15(19(23,24)25)30(29-14)9-11-7-10(1-4-26-11)16-12-2-6-28-17(31)13(12)3-5-27-16/h1,3-5,7-8H,2,6,9H2,(H,28,31). The van der Waals surface area contributed by atoms with E-state index in [-0.39, 0.29) is 22.3 Å². The Labute approximate surface area is 170 Å². The number of carbonyl (C=O) groups is 1. The second kappa shape index (κ2) is 7.36. The van der Waals surface area contributed by atoms with E-state index in [9.17, 15) is 31.1 Å². The Bertz CT molecular complexity index is 1150. The molecule has 31 heavy (non-hydrogen) atoms. The van der Waals surface area contributed by atoms with E-state index in [4.69, 9.17) is 0 Å². The molecule has 1 aliphatic rings. The topological polar surface area (TPSA) is 72.7 Å². The highest BCUT2D eigenvalue weighted by Crippen LogP contribution is 2.35. The molecular weight excluding hydrogens is 428 g/mol. The number of nitrogens with zero attached hydrogens (tertiary/aromatic N) is 4. The third-order valence-corrected chi connectivity index (χ3v) is 4.72. The number of carbonyl (C=O) groups excluding carboxylic acids is 1. The van der Waals surface area contributed by atoms with Gasteiger partial charge < -0.3 is 5.32 Å². The van der Waals surface area contributed by atoms with Crippen LogP contribution in [-0.2, 0) is 25.3 Å². The summed E-state index contributed by atoms with van der Waals surface area (Å²) in [5.41, 5.74) is -1.05. The molecule has 0 aliphatic carbocycles. The van der Waals surface area contributed by atoms with E-state index in [0.717, 1.165) is 0 Å². The Morgan fingerprint density at radius 3 is 2.45 bits per heavy atom. The Morgan fingerprint density at radius 2 is 1.74 bits per heavy atom. The van der Waals surface area contributed by atoms with Crippen LogP contribution in [0.3, 0.4) is 0 Å². The molecule has 162 valence electrons. The first kappa shape index (κ1) is 20.8. The first-order valence-corrected chi connectivity index (χ1v) is 8.97. The maximum Gasteiger partial charge on any atom is 0.435 e. The van der Waals surface area contributed by atoms with Gasteiger partial charge in [-0.25, -0.2) is 0 Å². The summed E-state index contributed by atoms with van der Waals surface area (Å²) in [4.78, 5) is 20.3. The van der Waals surface area contributed by atoms with Crippen molar-refractivity contribution in [1.82, 2.24) is 25.1 Å². The lowest BCUT2D eigenvalue weighted by Crippen LogP contribution is -2.32. The van der Waals surface area contributed by atoms with Gasteiger partial charge >= 0.3 is 12.4 Å². The van der Waals surface area contributed by atoms with Gasteiger partial charge in [-0.1, -0.05) is 0 Å². The van der Waals surface area contributed by atoms with Crippen molar-refractivity contribution in [2.75, 3.05) is 6.54 Å². The Morgan fingerprint density at radius 1 is 1.00 bits per heavy atom. The zero-order valence-corrected chi connectivity index (χ0v) is 15.6. The molecule has 0 atom stereocenters. The highest BCUT2D eigenvalue weighted by Gasteiger charge is 2.41. The van der Waals surface area contributed by atoms with Crippen molar-refractivity contribution >= 4 is 5.91 Å². The molecule has 0 spiro atoms. The van der Waals surface area contributed by atoms with Crippen LogP contribution >= 0.6 is 0 Å². The molecule has 12 heteroatoms. The molecule has 6 nitrogen and oxygen atoms in total. The minimum absolute atomic E-state index is 0.0302. The number of aromatic nitrogens is 4. The molecular formula is C19H13F6N5O. The maximum absolute atomic E-state index is 13.2. The molecule has 0 fully saturated rings. The van der Waals surface area contributed by atoms with Crippen molar-refractivity contribution < 1.29 is 31.1 Å². The highest BCUT2D eigenvalue weighted by atomic mass is 19.4. The van der Waals surface area contributed by atoms with E-state index < -0.39 is 30.3 Å². The van der Waals surface area contributed by atoms with Gasteiger partial charge in [-0.15, -0.1) is 0 Å². The van der Waals surface area contributed by atoms with Crippen LogP contribution in [-0.4, -0.2) is 32.2 Å². The number of halogens is 6. The number of rotatable bonds is 3. The van der Waals surface area contributed by atoms with Crippen LogP contribution in [0.2, 0.25) is 0 Å². The molecule has 3 aromatic rings. The highest BCUT2D eigenvalue weighted by molar-refractivity contribution is 5.98. The number of amides is 1. The van der Waals surface area contributed by atoms with Gasteiger partial charge in [0.05, 0.1) is 17.9 Å². The van der Waals surface area contributed by atoms with Gasteiger partial charge in [-0.2, -0.15) is 31.4 Å². The summed E-state index contributed by atoms with van der Waals surface area (Å²) in [6.45, 7) is -0.223.